The minimum absolute atomic E-state index is 0.162. The number of nitrogens with one attached hydrogen (secondary N) is 2. The molecule has 0 fully saturated rings. The molecule has 3 rings (SSSR count). The van der Waals surface area contributed by atoms with Crippen molar-refractivity contribution in [1.29, 1.82) is 0 Å². The van der Waals surface area contributed by atoms with Crippen LogP contribution in [0.15, 0.2) is 77.7 Å². The molecule has 0 bridgehead atoms. The summed E-state index contributed by atoms with van der Waals surface area (Å²) >= 11 is 1.69. The number of carbonyl (C=O) groups is 2. The Balaban J connectivity index is 1.76. The Labute approximate surface area is 180 Å². The van der Waals surface area contributed by atoms with Gasteiger partial charge in [-0.15, -0.1) is 11.8 Å². The molecule has 0 spiro atoms. The van der Waals surface area contributed by atoms with Crippen LogP contribution < -0.4 is 15.4 Å². The van der Waals surface area contributed by atoms with Gasteiger partial charge in [0.25, 0.3) is 5.91 Å². The van der Waals surface area contributed by atoms with Crippen molar-refractivity contribution < 1.29 is 14.3 Å². The third kappa shape index (κ3) is 6.12. The second kappa shape index (κ2) is 10.5. The lowest BCUT2D eigenvalue weighted by Gasteiger charge is -2.13. The van der Waals surface area contributed by atoms with Crippen molar-refractivity contribution in [3.8, 4) is 5.75 Å². The predicted molar refractivity (Wildman–Crippen MR) is 122 cm³/mol. The van der Waals surface area contributed by atoms with Crippen molar-refractivity contribution >= 4 is 35.0 Å². The molecule has 0 radical (unpaired) electrons. The van der Waals surface area contributed by atoms with Crippen LogP contribution in [0.4, 0.5) is 11.4 Å². The molecule has 154 valence electrons. The first kappa shape index (κ1) is 21.5. The zero-order valence-corrected chi connectivity index (χ0v) is 17.8. The topological polar surface area (TPSA) is 67.4 Å². The molecule has 0 aromatic heterocycles. The second-order valence-corrected chi connectivity index (χ2v) is 7.62. The summed E-state index contributed by atoms with van der Waals surface area (Å²) in [5, 5.41) is 5.60. The zero-order chi connectivity index (χ0) is 21.3. The number of rotatable bonds is 8. The Morgan fingerprint density at radius 2 is 1.63 bits per heavy atom. The summed E-state index contributed by atoms with van der Waals surface area (Å²) in [5.41, 5.74) is 2.75. The molecule has 3 aromatic rings. The summed E-state index contributed by atoms with van der Waals surface area (Å²) in [5.74, 6) is 1.10. The van der Waals surface area contributed by atoms with Gasteiger partial charge in [-0.25, -0.2) is 0 Å². The van der Waals surface area contributed by atoms with Gasteiger partial charge in [-0.1, -0.05) is 24.3 Å². The van der Waals surface area contributed by atoms with E-state index in [1.165, 1.54) is 6.92 Å². The van der Waals surface area contributed by atoms with Crippen molar-refractivity contribution in [2.45, 2.75) is 24.5 Å². The molecule has 0 unspecified atom stereocenters. The molecular formula is C24H24N2O3S. The van der Waals surface area contributed by atoms with Crippen molar-refractivity contribution in [3.05, 3.63) is 83.9 Å². The fraction of sp³-hybridized carbons (Fsp3) is 0.167. The Bertz CT molecular complexity index is 1020. The maximum atomic E-state index is 12.8. The summed E-state index contributed by atoms with van der Waals surface area (Å²) in [6.45, 7) is 3.95. The SMILES string of the molecule is CCOc1ccc(C(=O)Nc2cccc(NC(C)=O)c2)cc1CSc1ccccc1. The molecular weight excluding hydrogens is 396 g/mol. The summed E-state index contributed by atoms with van der Waals surface area (Å²) < 4.78 is 5.75. The Kier molecular flexibility index (Phi) is 7.51. The van der Waals surface area contributed by atoms with Gasteiger partial charge in [0, 0.05) is 40.1 Å². The number of ether oxygens (including phenoxy) is 1. The normalized spacial score (nSPS) is 10.3. The lowest BCUT2D eigenvalue weighted by Crippen LogP contribution is -2.13. The minimum Gasteiger partial charge on any atom is -0.494 e. The number of anilines is 2. The number of hydrogen-bond acceptors (Lipinski definition) is 4. The van der Waals surface area contributed by atoms with Crippen LogP contribution in [-0.2, 0) is 10.5 Å². The maximum Gasteiger partial charge on any atom is 0.255 e. The van der Waals surface area contributed by atoms with E-state index in [0.717, 1.165) is 16.2 Å². The fourth-order valence-corrected chi connectivity index (χ4v) is 3.79. The lowest BCUT2D eigenvalue weighted by molar-refractivity contribution is -0.114. The second-order valence-electron chi connectivity index (χ2n) is 6.57. The molecule has 0 aliphatic rings. The van der Waals surface area contributed by atoms with Gasteiger partial charge < -0.3 is 15.4 Å². The number of benzene rings is 3. The van der Waals surface area contributed by atoms with Gasteiger partial charge in [-0.2, -0.15) is 0 Å². The summed E-state index contributed by atoms with van der Waals surface area (Å²) in [6, 6.07) is 22.6. The first-order valence-corrected chi connectivity index (χ1v) is 10.7. The van der Waals surface area contributed by atoms with E-state index in [4.69, 9.17) is 4.74 Å². The first-order valence-electron chi connectivity index (χ1n) is 9.67. The van der Waals surface area contributed by atoms with Gasteiger partial charge in [0.15, 0.2) is 0 Å². The lowest BCUT2D eigenvalue weighted by atomic mass is 10.1. The average Bonchev–Trinajstić information content (AvgIpc) is 2.73. The third-order valence-electron chi connectivity index (χ3n) is 4.20. The van der Waals surface area contributed by atoms with E-state index in [0.29, 0.717) is 29.3 Å². The number of carbonyl (C=O) groups excluding carboxylic acids is 2. The molecule has 2 amide bonds. The van der Waals surface area contributed by atoms with Crippen LogP contribution in [0.5, 0.6) is 5.75 Å². The Morgan fingerprint density at radius 3 is 2.33 bits per heavy atom. The van der Waals surface area contributed by atoms with E-state index in [1.807, 2.05) is 37.3 Å². The first-order chi connectivity index (χ1) is 14.5. The highest BCUT2D eigenvalue weighted by Gasteiger charge is 2.12. The van der Waals surface area contributed by atoms with E-state index in [1.54, 1.807) is 42.1 Å². The largest absolute Gasteiger partial charge is 0.494 e. The molecule has 0 heterocycles. The Hall–Kier alpha value is -3.25. The molecule has 0 atom stereocenters. The van der Waals surface area contributed by atoms with E-state index in [9.17, 15) is 9.59 Å². The molecule has 5 nitrogen and oxygen atoms in total. The molecule has 2 N–H and O–H groups in total. The van der Waals surface area contributed by atoms with Gasteiger partial charge in [-0.05, 0) is 55.5 Å². The van der Waals surface area contributed by atoms with E-state index in [2.05, 4.69) is 22.8 Å². The molecule has 0 saturated carbocycles. The molecule has 3 aromatic carbocycles. The van der Waals surface area contributed by atoms with Gasteiger partial charge >= 0.3 is 0 Å². The summed E-state index contributed by atoms with van der Waals surface area (Å²) in [7, 11) is 0. The number of amides is 2. The Morgan fingerprint density at radius 1 is 0.900 bits per heavy atom. The van der Waals surface area contributed by atoms with Crippen molar-refractivity contribution in [1.82, 2.24) is 0 Å². The highest BCUT2D eigenvalue weighted by molar-refractivity contribution is 7.98. The van der Waals surface area contributed by atoms with Crippen LogP contribution in [0.2, 0.25) is 0 Å². The van der Waals surface area contributed by atoms with Crippen molar-refractivity contribution in [2.24, 2.45) is 0 Å². The van der Waals surface area contributed by atoms with E-state index < -0.39 is 0 Å². The van der Waals surface area contributed by atoms with Crippen molar-refractivity contribution in [3.63, 3.8) is 0 Å². The van der Waals surface area contributed by atoms with Gasteiger partial charge in [0.05, 0.1) is 6.61 Å². The van der Waals surface area contributed by atoms with Gasteiger partial charge in [-0.3, -0.25) is 9.59 Å². The van der Waals surface area contributed by atoms with Gasteiger partial charge in [0.1, 0.15) is 5.75 Å². The monoisotopic (exact) mass is 420 g/mol. The van der Waals surface area contributed by atoms with Crippen LogP contribution >= 0.6 is 11.8 Å². The quantitative estimate of drug-likeness (QED) is 0.466. The van der Waals surface area contributed by atoms with Crippen LogP contribution in [0.25, 0.3) is 0 Å². The van der Waals surface area contributed by atoms with Crippen LogP contribution in [0.3, 0.4) is 0 Å². The maximum absolute atomic E-state index is 12.8. The van der Waals surface area contributed by atoms with Gasteiger partial charge in [0.2, 0.25) is 5.91 Å². The van der Waals surface area contributed by atoms with Crippen LogP contribution in [0.1, 0.15) is 29.8 Å². The van der Waals surface area contributed by atoms with E-state index >= 15 is 0 Å². The number of thioether (sulfide) groups is 1. The van der Waals surface area contributed by atoms with Crippen LogP contribution in [-0.4, -0.2) is 18.4 Å². The molecule has 0 aliphatic carbocycles. The summed E-state index contributed by atoms with van der Waals surface area (Å²) in [6.07, 6.45) is 0. The molecule has 0 aliphatic heterocycles. The minimum atomic E-state index is -0.219. The standard InChI is InChI=1S/C24H24N2O3S/c1-3-29-23-13-12-18(14-19(23)16-30-22-10-5-4-6-11-22)24(28)26-21-9-7-8-20(15-21)25-17(2)27/h4-15H,3,16H2,1-2H3,(H,25,27)(H,26,28). The molecule has 30 heavy (non-hydrogen) atoms. The zero-order valence-electron chi connectivity index (χ0n) is 17.0. The smallest absolute Gasteiger partial charge is 0.255 e. The number of hydrogen-bond donors (Lipinski definition) is 2. The molecule has 0 saturated heterocycles. The highest BCUT2D eigenvalue weighted by Crippen LogP contribution is 2.29. The predicted octanol–water partition coefficient (Wildman–Crippen LogP) is 5.59. The van der Waals surface area contributed by atoms with Crippen molar-refractivity contribution in [2.75, 3.05) is 17.2 Å². The third-order valence-corrected chi connectivity index (χ3v) is 5.26. The summed E-state index contributed by atoms with van der Waals surface area (Å²) in [4.78, 5) is 25.2. The molecule has 6 heteroatoms. The van der Waals surface area contributed by atoms with Crippen LogP contribution in [0, 0.1) is 0 Å². The fourth-order valence-electron chi connectivity index (χ4n) is 2.89. The van der Waals surface area contributed by atoms with E-state index in [-0.39, 0.29) is 11.8 Å². The average molecular weight is 421 g/mol. The highest BCUT2D eigenvalue weighted by atomic mass is 32.2.